The number of sulfonamides is 1. The summed E-state index contributed by atoms with van der Waals surface area (Å²) in [7, 11) is -2.77. The summed E-state index contributed by atoms with van der Waals surface area (Å²) in [5, 5.41) is 27.0. The molecule has 3 aliphatic rings. The van der Waals surface area contributed by atoms with Gasteiger partial charge in [-0.25, -0.2) is 12.8 Å². The Labute approximate surface area is 353 Å². The summed E-state index contributed by atoms with van der Waals surface area (Å²) >= 11 is 0. The molecule has 0 aromatic heterocycles. The van der Waals surface area contributed by atoms with Crippen LogP contribution in [0.1, 0.15) is 82.3 Å². The van der Waals surface area contributed by atoms with Gasteiger partial charge in [-0.05, 0) is 98.0 Å². The van der Waals surface area contributed by atoms with E-state index in [1.807, 2.05) is 19.1 Å². The molecule has 3 N–H and O–H groups in total. The van der Waals surface area contributed by atoms with Gasteiger partial charge in [-0.3, -0.25) is 4.79 Å². The number of unbranched alkanes of at least 4 members (excludes halogenated alkanes) is 2. The molecule has 60 heavy (non-hydrogen) atoms. The van der Waals surface area contributed by atoms with Crippen LogP contribution in [0.15, 0.2) is 101 Å². The molecule has 1 heterocycles. The van der Waals surface area contributed by atoms with Crippen LogP contribution in [0.2, 0.25) is 0 Å². The van der Waals surface area contributed by atoms with Crippen LogP contribution in [0.5, 0.6) is 11.5 Å². The van der Waals surface area contributed by atoms with E-state index in [9.17, 15) is 19.4 Å². The van der Waals surface area contributed by atoms with Gasteiger partial charge >= 0.3 is 0 Å². The van der Waals surface area contributed by atoms with Crippen molar-refractivity contribution in [1.29, 1.82) is 0 Å². The average molecular weight is 848 g/mol. The average Bonchev–Trinajstić information content (AvgIpc) is 3.23. The molecule has 2 aliphatic carbocycles. The molecule has 12 nitrogen and oxygen atoms in total. The van der Waals surface area contributed by atoms with Crippen LogP contribution >= 0.6 is 0 Å². The first-order chi connectivity index (χ1) is 29.0. The van der Waals surface area contributed by atoms with Gasteiger partial charge in [0, 0.05) is 55.8 Å². The zero-order valence-electron chi connectivity index (χ0n) is 34.7. The topological polar surface area (TPSA) is 156 Å². The van der Waals surface area contributed by atoms with Gasteiger partial charge in [-0.2, -0.15) is 4.31 Å². The summed E-state index contributed by atoms with van der Waals surface area (Å²) in [6.07, 6.45) is 8.66. The number of fused-ring (bicyclic) bond motifs is 2. The molecule has 0 radical (unpaired) electrons. The molecular weight excluding hydrogens is 790 g/mol. The smallest absolute Gasteiger partial charge is 0.243 e. The second-order valence-electron chi connectivity index (χ2n) is 15.7. The van der Waals surface area contributed by atoms with Crippen LogP contribution in [0.4, 0.5) is 10.1 Å². The largest absolute Gasteiger partial charge is 0.489 e. The molecule has 3 aromatic carbocycles. The molecule has 6 unspecified atom stereocenters. The summed E-state index contributed by atoms with van der Waals surface area (Å²) in [5.41, 5.74) is 3.13. The van der Waals surface area contributed by atoms with Crippen LogP contribution in [-0.2, 0) is 31.0 Å². The van der Waals surface area contributed by atoms with Gasteiger partial charge in [0.05, 0.1) is 29.2 Å². The van der Waals surface area contributed by atoms with E-state index in [1.165, 1.54) is 36.5 Å². The molecule has 6 atom stereocenters. The highest BCUT2D eigenvalue weighted by Gasteiger charge is 2.66. The van der Waals surface area contributed by atoms with E-state index in [0.717, 1.165) is 36.8 Å². The Morgan fingerprint density at radius 1 is 1.07 bits per heavy atom. The van der Waals surface area contributed by atoms with Crippen LogP contribution in [0, 0.1) is 23.6 Å². The Kier molecular flexibility index (Phi) is 15.2. The third-order valence-corrected chi connectivity index (χ3v) is 13.7. The van der Waals surface area contributed by atoms with Gasteiger partial charge in [-0.1, -0.05) is 55.3 Å². The van der Waals surface area contributed by atoms with E-state index in [2.05, 4.69) is 23.1 Å². The number of halogens is 1. The fourth-order valence-electron chi connectivity index (χ4n) is 9.31. The summed E-state index contributed by atoms with van der Waals surface area (Å²) in [4.78, 5) is 17.3. The maximum Gasteiger partial charge on any atom is 0.243 e. The van der Waals surface area contributed by atoms with Crippen LogP contribution < -0.4 is 14.8 Å². The number of rotatable bonds is 21. The number of nitrogens with zero attached hydrogens (tertiary/aromatic N) is 2. The number of carbonyl (C=O) groups excluding carboxylic acids is 1. The molecule has 324 valence electrons. The van der Waals surface area contributed by atoms with Crippen molar-refractivity contribution in [2.24, 2.45) is 22.9 Å². The number of nitrogens with one attached hydrogen (secondary N) is 1. The SMILES string of the molecule is C=CCOC12Oc3ccc(OCc4ccccc4F)cc3C3C(CCCCO)C(CCCCO)C=C(C(=NOC)CC1N(CCC)S(=O)(=O)c1ccc(NC(C)=O)cc1)C32. The quantitative estimate of drug-likeness (QED) is 0.0555. The van der Waals surface area contributed by atoms with E-state index < -0.39 is 27.8 Å². The predicted molar refractivity (Wildman–Crippen MR) is 228 cm³/mol. The first kappa shape index (κ1) is 44.9. The molecular formula is C46H58FN3O9S. The molecule has 1 fully saturated rings. The fraction of sp³-hybridized carbons (Fsp3) is 0.478. The van der Waals surface area contributed by atoms with Crippen molar-refractivity contribution in [1.82, 2.24) is 4.31 Å². The zero-order chi connectivity index (χ0) is 42.9. The molecule has 1 saturated carbocycles. The van der Waals surface area contributed by atoms with Gasteiger partial charge < -0.3 is 34.6 Å². The van der Waals surface area contributed by atoms with Gasteiger partial charge in [0.2, 0.25) is 21.7 Å². The van der Waals surface area contributed by atoms with Crippen molar-refractivity contribution in [3.05, 3.63) is 108 Å². The van der Waals surface area contributed by atoms with Gasteiger partial charge in [0.15, 0.2) is 0 Å². The van der Waals surface area contributed by atoms with E-state index in [4.69, 9.17) is 19.0 Å². The van der Waals surface area contributed by atoms with E-state index in [1.54, 1.807) is 42.5 Å². The number of ether oxygens (including phenoxy) is 3. The Morgan fingerprint density at radius 2 is 1.80 bits per heavy atom. The second kappa shape index (κ2) is 20.3. The van der Waals surface area contributed by atoms with E-state index in [0.29, 0.717) is 47.7 Å². The number of hydrogen-bond acceptors (Lipinski definition) is 10. The number of allylic oxidation sites excluding steroid dienone is 1. The lowest BCUT2D eigenvalue weighted by molar-refractivity contribution is -0.251. The molecule has 0 spiro atoms. The van der Waals surface area contributed by atoms with Gasteiger partial charge in [-0.15, -0.1) is 6.58 Å². The third-order valence-electron chi connectivity index (χ3n) is 11.8. The van der Waals surface area contributed by atoms with Crippen LogP contribution in [0.25, 0.3) is 0 Å². The van der Waals surface area contributed by atoms with Crippen molar-refractivity contribution in [2.75, 3.05) is 38.8 Å². The van der Waals surface area contributed by atoms with Crippen LogP contribution in [0.3, 0.4) is 0 Å². The number of aliphatic hydroxyl groups excluding tert-OH is 2. The number of aliphatic hydroxyl groups is 2. The Bertz CT molecular complexity index is 2130. The zero-order valence-corrected chi connectivity index (χ0v) is 35.5. The molecule has 1 amide bonds. The third kappa shape index (κ3) is 9.47. The first-order valence-electron chi connectivity index (χ1n) is 20.9. The summed E-state index contributed by atoms with van der Waals surface area (Å²) in [6.45, 7) is 7.54. The summed E-state index contributed by atoms with van der Waals surface area (Å²) in [6, 6.07) is 17.1. The second-order valence-corrected chi connectivity index (χ2v) is 17.5. The summed E-state index contributed by atoms with van der Waals surface area (Å²) in [5.74, 6) is -2.19. The minimum Gasteiger partial charge on any atom is -0.489 e. The van der Waals surface area contributed by atoms with Gasteiger partial charge in [0.1, 0.15) is 31.0 Å². The van der Waals surface area contributed by atoms with Gasteiger partial charge in [0.25, 0.3) is 0 Å². The maximum absolute atomic E-state index is 15.0. The van der Waals surface area contributed by atoms with Crippen molar-refractivity contribution in [2.45, 2.75) is 94.5 Å². The lowest BCUT2D eigenvalue weighted by Crippen LogP contribution is -2.70. The van der Waals surface area contributed by atoms with Crippen molar-refractivity contribution in [3.63, 3.8) is 0 Å². The lowest BCUT2D eigenvalue weighted by atomic mass is 9.55. The number of carbonyl (C=O) groups is 1. The molecule has 1 aliphatic heterocycles. The minimum atomic E-state index is -4.24. The summed E-state index contributed by atoms with van der Waals surface area (Å²) < 4.78 is 66.7. The van der Waals surface area contributed by atoms with E-state index >= 15 is 8.42 Å². The molecule has 0 bridgehead atoms. The number of anilines is 1. The molecule has 0 saturated heterocycles. The van der Waals surface area contributed by atoms with E-state index in [-0.39, 0.29) is 73.8 Å². The maximum atomic E-state index is 15.0. The normalized spacial score (nSPS) is 23.9. The van der Waals surface area contributed by atoms with Crippen molar-refractivity contribution in [3.8, 4) is 11.5 Å². The highest BCUT2D eigenvalue weighted by Crippen LogP contribution is 2.62. The Morgan fingerprint density at radius 3 is 2.47 bits per heavy atom. The molecule has 6 rings (SSSR count). The predicted octanol–water partition coefficient (Wildman–Crippen LogP) is 7.73. The molecule has 14 heteroatoms. The number of oxime groups is 1. The highest BCUT2D eigenvalue weighted by atomic mass is 32.2. The number of amides is 1. The number of benzene rings is 3. The van der Waals surface area contributed by atoms with Crippen LogP contribution in [-0.4, -0.2) is 79.9 Å². The first-order valence-corrected chi connectivity index (χ1v) is 22.3. The monoisotopic (exact) mass is 847 g/mol. The Hall–Kier alpha value is -4.60. The standard InChI is InChI=1S/C46H58FN3O9S/c1-5-23-50(60(54,55)36-20-17-34(18-21-36)48-31(3)53)43-29-41(49-56-4)38-27-32(13-9-11-24-51)37(15-10-12-25-52)44-39-28-35(57-30-33-14-7-8-16-40(33)47)19-22-42(39)59-46(43,45(38)44)58-26-6-2/h6-8,14,16-22,27-28,32,37,43-45,51-52H,2,5,9-13,15,23-26,29-30H2,1,3-4H3,(H,48,53). The molecule has 3 aromatic rings. The lowest BCUT2D eigenvalue weighted by Gasteiger charge is -2.59. The number of hydrogen-bond donors (Lipinski definition) is 3. The Balaban J connectivity index is 1.57. The highest BCUT2D eigenvalue weighted by molar-refractivity contribution is 7.89. The fourth-order valence-corrected chi connectivity index (χ4v) is 11.0. The minimum absolute atomic E-state index is 0.00398. The van der Waals surface area contributed by atoms with Crippen molar-refractivity contribution < 1.29 is 46.9 Å². The van der Waals surface area contributed by atoms with Crippen molar-refractivity contribution >= 4 is 27.3 Å².